The SMILES string of the molecule is CCCCCNCc1c(Br)ccc(OC)c1OC. The van der Waals surface area contributed by atoms with E-state index in [1.54, 1.807) is 14.2 Å². The molecule has 3 nitrogen and oxygen atoms in total. The number of nitrogens with one attached hydrogen (secondary N) is 1. The van der Waals surface area contributed by atoms with Crippen LogP contribution < -0.4 is 14.8 Å². The van der Waals surface area contributed by atoms with Crippen molar-refractivity contribution in [3.8, 4) is 11.5 Å². The maximum Gasteiger partial charge on any atom is 0.166 e. The van der Waals surface area contributed by atoms with Crippen LogP contribution in [-0.2, 0) is 6.54 Å². The van der Waals surface area contributed by atoms with E-state index >= 15 is 0 Å². The van der Waals surface area contributed by atoms with Crippen molar-refractivity contribution in [3.63, 3.8) is 0 Å². The van der Waals surface area contributed by atoms with Gasteiger partial charge in [-0.2, -0.15) is 0 Å². The van der Waals surface area contributed by atoms with E-state index in [1.165, 1.54) is 19.3 Å². The molecule has 102 valence electrons. The van der Waals surface area contributed by atoms with Crippen molar-refractivity contribution in [1.29, 1.82) is 0 Å². The number of hydrogen-bond acceptors (Lipinski definition) is 3. The van der Waals surface area contributed by atoms with Crippen LogP contribution >= 0.6 is 15.9 Å². The molecule has 0 aliphatic heterocycles. The van der Waals surface area contributed by atoms with E-state index in [9.17, 15) is 0 Å². The molecule has 0 aromatic heterocycles. The molecule has 0 bridgehead atoms. The van der Waals surface area contributed by atoms with Crippen molar-refractivity contribution in [1.82, 2.24) is 5.32 Å². The Labute approximate surface area is 118 Å². The van der Waals surface area contributed by atoms with Crippen LogP contribution in [0.1, 0.15) is 31.7 Å². The summed E-state index contributed by atoms with van der Waals surface area (Å²) in [5.74, 6) is 1.57. The highest BCUT2D eigenvalue weighted by atomic mass is 79.9. The molecule has 18 heavy (non-hydrogen) atoms. The maximum atomic E-state index is 5.43. The van der Waals surface area contributed by atoms with E-state index in [0.29, 0.717) is 0 Å². The zero-order valence-corrected chi connectivity index (χ0v) is 13.0. The Morgan fingerprint density at radius 2 is 1.94 bits per heavy atom. The molecule has 0 amide bonds. The molecule has 4 heteroatoms. The van der Waals surface area contributed by atoms with E-state index in [2.05, 4.69) is 28.2 Å². The van der Waals surface area contributed by atoms with Crippen LogP contribution in [0.5, 0.6) is 11.5 Å². The van der Waals surface area contributed by atoms with Crippen molar-refractivity contribution in [2.75, 3.05) is 20.8 Å². The first-order valence-electron chi connectivity index (χ1n) is 6.34. The van der Waals surface area contributed by atoms with Gasteiger partial charge in [-0.25, -0.2) is 0 Å². The average Bonchev–Trinajstić information content (AvgIpc) is 2.39. The number of unbranched alkanes of at least 4 members (excludes halogenated alkanes) is 2. The van der Waals surface area contributed by atoms with E-state index in [1.807, 2.05) is 12.1 Å². The Hall–Kier alpha value is -0.740. The molecule has 1 aromatic carbocycles. The van der Waals surface area contributed by atoms with Crippen molar-refractivity contribution < 1.29 is 9.47 Å². The summed E-state index contributed by atoms with van der Waals surface area (Å²) in [6.45, 7) is 4.02. The number of halogens is 1. The van der Waals surface area contributed by atoms with Crippen LogP contribution in [0.4, 0.5) is 0 Å². The van der Waals surface area contributed by atoms with Crippen LogP contribution in [0.25, 0.3) is 0 Å². The predicted octanol–water partition coefficient (Wildman–Crippen LogP) is 3.75. The lowest BCUT2D eigenvalue weighted by atomic mass is 10.1. The van der Waals surface area contributed by atoms with Crippen LogP contribution in [0.3, 0.4) is 0 Å². The third-order valence-corrected chi connectivity index (χ3v) is 3.59. The second-order valence-corrected chi connectivity index (χ2v) is 5.00. The predicted molar refractivity (Wildman–Crippen MR) is 78.5 cm³/mol. The molecule has 0 spiro atoms. The Balaban J connectivity index is 2.68. The fraction of sp³-hybridized carbons (Fsp3) is 0.571. The Morgan fingerprint density at radius 1 is 1.17 bits per heavy atom. The number of benzene rings is 1. The van der Waals surface area contributed by atoms with E-state index in [4.69, 9.17) is 9.47 Å². The highest BCUT2D eigenvalue weighted by molar-refractivity contribution is 9.10. The standard InChI is InChI=1S/C14H22BrNO2/c1-4-5-6-9-16-10-11-12(15)7-8-13(17-2)14(11)18-3/h7-8,16H,4-6,9-10H2,1-3H3. The molecule has 0 atom stereocenters. The minimum atomic E-state index is 0.769. The van der Waals surface area contributed by atoms with Gasteiger partial charge >= 0.3 is 0 Å². The lowest BCUT2D eigenvalue weighted by Crippen LogP contribution is -2.15. The molecule has 0 heterocycles. The Bertz CT molecular complexity index is 369. The molecule has 0 unspecified atom stereocenters. The van der Waals surface area contributed by atoms with Crippen LogP contribution in [0.2, 0.25) is 0 Å². The summed E-state index contributed by atoms with van der Waals surface area (Å²) >= 11 is 3.56. The highest BCUT2D eigenvalue weighted by Crippen LogP contribution is 2.35. The van der Waals surface area contributed by atoms with Gasteiger partial charge in [0.15, 0.2) is 11.5 Å². The molecular formula is C14H22BrNO2. The maximum absolute atomic E-state index is 5.43. The van der Waals surface area contributed by atoms with Crippen LogP contribution in [0, 0.1) is 0 Å². The molecular weight excluding hydrogens is 294 g/mol. The van der Waals surface area contributed by atoms with Gasteiger partial charge in [-0.1, -0.05) is 35.7 Å². The number of methoxy groups -OCH3 is 2. The fourth-order valence-electron chi connectivity index (χ4n) is 1.84. The van der Waals surface area contributed by atoms with Gasteiger partial charge in [0.25, 0.3) is 0 Å². The summed E-state index contributed by atoms with van der Waals surface area (Å²) in [6.07, 6.45) is 3.72. The van der Waals surface area contributed by atoms with Gasteiger partial charge in [-0.05, 0) is 25.1 Å². The zero-order chi connectivity index (χ0) is 13.4. The summed E-state index contributed by atoms with van der Waals surface area (Å²) in [5.41, 5.74) is 1.10. The topological polar surface area (TPSA) is 30.5 Å². The Morgan fingerprint density at radius 3 is 2.56 bits per heavy atom. The fourth-order valence-corrected chi connectivity index (χ4v) is 2.30. The number of hydrogen-bond donors (Lipinski definition) is 1. The highest BCUT2D eigenvalue weighted by Gasteiger charge is 2.12. The molecule has 0 saturated carbocycles. The monoisotopic (exact) mass is 315 g/mol. The number of ether oxygens (including phenoxy) is 2. The quantitative estimate of drug-likeness (QED) is 0.741. The second-order valence-electron chi connectivity index (χ2n) is 4.15. The van der Waals surface area contributed by atoms with Crippen molar-refractivity contribution >= 4 is 15.9 Å². The largest absolute Gasteiger partial charge is 0.493 e. The van der Waals surface area contributed by atoms with Gasteiger partial charge in [0.1, 0.15) is 0 Å². The van der Waals surface area contributed by atoms with Crippen molar-refractivity contribution in [3.05, 3.63) is 22.2 Å². The minimum Gasteiger partial charge on any atom is -0.493 e. The summed E-state index contributed by atoms with van der Waals surface area (Å²) in [6, 6.07) is 3.90. The summed E-state index contributed by atoms with van der Waals surface area (Å²) in [4.78, 5) is 0. The van der Waals surface area contributed by atoms with Gasteiger partial charge in [0.05, 0.1) is 14.2 Å². The second kappa shape index (κ2) is 8.38. The average molecular weight is 316 g/mol. The van der Waals surface area contributed by atoms with Gasteiger partial charge in [0, 0.05) is 16.6 Å². The first-order valence-corrected chi connectivity index (χ1v) is 7.14. The molecule has 1 N–H and O–H groups in total. The van der Waals surface area contributed by atoms with Crippen LogP contribution in [-0.4, -0.2) is 20.8 Å². The normalized spacial score (nSPS) is 10.4. The molecule has 0 fully saturated rings. The zero-order valence-electron chi connectivity index (χ0n) is 11.4. The summed E-state index contributed by atoms with van der Waals surface area (Å²) < 4.78 is 11.8. The van der Waals surface area contributed by atoms with Gasteiger partial charge in [-0.15, -0.1) is 0 Å². The molecule has 1 rings (SSSR count). The molecule has 1 aromatic rings. The van der Waals surface area contributed by atoms with E-state index in [0.717, 1.165) is 34.6 Å². The lowest BCUT2D eigenvalue weighted by molar-refractivity contribution is 0.350. The molecule has 0 aliphatic carbocycles. The Kier molecular flexibility index (Phi) is 7.13. The van der Waals surface area contributed by atoms with Gasteiger partial charge < -0.3 is 14.8 Å². The van der Waals surface area contributed by atoms with Crippen LogP contribution in [0.15, 0.2) is 16.6 Å². The lowest BCUT2D eigenvalue weighted by Gasteiger charge is -2.15. The first kappa shape index (κ1) is 15.3. The molecule has 0 saturated heterocycles. The smallest absolute Gasteiger partial charge is 0.166 e. The molecule has 0 aliphatic rings. The summed E-state index contributed by atoms with van der Waals surface area (Å²) in [5, 5.41) is 3.44. The summed E-state index contributed by atoms with van der Waals surface area (Å²) in [7, 11) is 3.33. The van der Waals surface area contributed by atoms with Crippen molar-refractivity contribution in [2.45, 2.75) is 32.7 Å². The van der Waals surface area contributed by atoms with E-state index in [-0.39, 0.29) is 0 Å². The van der Waals surface area contributed by atoms with Gasteiger partial charge in [0.2, 0.25) is 0 Å². The first-order chi connectivity index (χ1) is 8.74. The van der Waals surface area contributed by atoms with Gasteiger partial charge in [-0.3, -0.25) is 0 Å². The molecule has 0 radical (unpaired) electrons. The third-order valence-electron chi connectivity index (χ3n) is 2.85. The van der Waals surface area contributed by atoms with E-state index < -0.39 is 0 Å². The number of rotatable bonds is 8. The minimum absolute atomic E-state index is 0.769. The van der Waals surface area contributed by atoms with Crippen molar-refractivity contribution in [2.24, 2.45) is 0 Å². The third kappa shape index (κ3) is 4.18.